The number of carbonyl (C=O) groups excluding carboxylic acids is 1. The molecule has 2 atom stereocenters. The highest BCUT2D eigenvalue weighted by Crippen LogP contribution is 2.20. The van der Waals surface area contributed by atoms with Crippen LogP contribution in [-0.2, 0) is 4.79 Å². The van der Waals surface area contributed by atoms with Gasteiger partial charge in [-0.15, -0.1) is 0 Å². The lowest BCUT2D eigenvalue weighted by Gasteiger charge is -2.39. The van der Waals surface area contributed by atoms with Crippen LogP contribution in [0, 0.1) is 0 Å². The van der Waals surface area contributed by atoms with Crippen LogP contribution in [0.1, 0.15) is 39.0 Å². The van der Waals surface area contributed by atoms with Gasteiger partial charge in [-0.05, 0) is 38.8 Å². The number of nitrogens with zero attached hydrogens (tertiary/aromatic N) is 1. The van der Waals surface area contributed by atoms with Gasteiger partial charge in [-0.1, -0.05) is 6.92 Å². The Labute approximate surface area is 104 Å². The third-order valence-corrected chi connectivity index (χ3v) is 4.03. The molecule has 2 aliphatic heterocycles. The first kappa shape index (κ1) is 12.8. The van der Waals surface area contributed by atoms with Gasteiger partial charge >= 0.3 is 0 Å². The molecular formula is C13H25N3O. The molecule has 0 bridgehead atoms. The molecule has 0 radical (unpaired) electrons. The summed E-state index contributed by atoms with van der Waals surface area (Å²) in [5, 5.41) is 6.45. The van der Waals surface area contributed by atoms with Crippen molar-refractivity contribution >= 4 is 5.91 Å². The molecule has 2 fully saturated rings. The number of likely N-dealkylation sites (N-methyl/N-ethyl adjacent to an activating group) is 1. The van der Waals surface area contributed by atoms with Crippen LogP contribution < -0.4 is 10.6 Å². The minimum atomic E-state index is 0.231. The van der Waals surface area contributed by atoms with Crippen LogP contribution in [0.15, 0.2) is 0 Å². The molecule has 1 amide bonds. The van der Waals surface area contributed by atoms with E-state index in [0.29, 0.717) is 18.5 Å². The summed E-state index contributed by atoms with van der Waals surface area (Å²) in [6, 6.07) is 1.08. The summed E-state index contributed by atoms with van der Waals surface area (Å²) in [6.07, 6.45) is 5.50. The predicted molar refractivity (Wildman–Crippen MR) is 68.9 cm³/mol. The molecule has 2 rings (SSSR count). The van der Waals surface area contributed by atoms with Crippen molar-refractivity contribution in [1.29, 1.82) is 0 Å². The standard InChI is InChI=1S/C13H25N3O/c1-2-16(12-6-3-7-14-10-12)11-5-4-8-15-13(17)9-11/h11-12,14H,2-10H2,1H3,(H,15,17). The Morgan fingerprint density at radius 1 is 1.24 bits per heavy atom. The van der Waals surface area contributed by atoms with Gasteiger partial charge < -0.3 is 10.6 Å². The van der Waals surface area contributed by atoms with Crippen molar-refractivity contribution in [3.8, 4) is 0 Å². The van der Waals surface area contributed by atoms with E-state index in [1.54, 1.807) is 0 Å². The van der Waals surface area contributed by atoms with Gasteiger partial charge in [0.2, 0.25) is 5.91 Å². The van der Waals surface area contributed by atoms with Crippen LogP contribution in [-0.4, -0.2) is 49.1 Å². The summed E-state index contributed by atoms with van der Waals surface area (Å²) in [4.78, 5) is 14.2. The Bertz CT molecular complexity index is 251. The molecule has 0 spiro atoms. The summed E-state index contributed by atoms with van der Waals surface area (Å²) in [5.41, 5.74) is 0. The second-order valence-corrected chi connectivity index (χ2v) is 5.18. The summed E-state index contributed by atoms with van der Waals surface area (Å²) in [6.45, 7) is 6.38. The Morgan fingerprint density at radius 2 is 2.00 bits per heavy atom. The molecule has 0 saturated carbocycles. The number of nitrogens with one attached hydrogen (secondary N) is 2. The number of amides is 1. The van der Waals surface area contributed by atoms with E-state index >= 15 is 0 Å². The smallest absolute Gasteiger partial charge is 0.221 e. The molecule has 0 aromatic rings. The van der Waals surface area contributed by atoms with Crippen LogP contribution in [0.5, 0.6) is 0 Å². The van der Waals surface area contributed by atoms with Crippen LogP contribution in [0.25, 0.3) is 0 Å². The maximum absolute atomic E-state index is 11.6. The van der Waals surface area contributed by atoms with Gasteiger partial charge in [0, 0.05) is 31.6 Å². The normalized spacial score (nSPS) is 31.1. The molecule has 2 heterocycles. The van der Waals surface area contributed by atoms with Gasteiger partial charge in [0.15, 0.2) is 0 Å². The van der Waals surface area contributed by atoms with Gasteiger partial charge in [0.25, 0.3) is 0 Å². The van der Waals surface area contributed by atoms with Crippen LogP contribution in [0.2, 0.25) is 0 Å². The van der Waals surface area contributed by atoms with E-state index in [1.165, 1.54) is 12.8 Å². The molecule has 98 valence electrons. The molecule has 0 aliphatic carbocycles. The van der Waals surface area contributed by atoms with E-state index in [1.807, 2.05) is 0 Å². The molecule has 2 unspecified atom stereocenters. The summed E-state index contributed by atoms with van der Waals surface area (Å²) < 4.78 is 0. The topological polar surface area (TPSA) is 44.4 Å². The molecule has 0 aromatic carbocycles. The average Bonchev–Trinajstić information content (AvgIpc) is 2.56. The second kappa shape index (κ2) is 6.36. The number of carbonyl (C=O) groups is 1. The number of hydrogen-bond acceptors (Lipinski definition) is 3. The molecule has 2 saturated heterocycles. The van der Waals surface area contributed by atoms with Crippen molar-refractivity contribution < 1.29 is 4.79 Å². The minimum Gasteiger partial charge on any atom is -0.356 e. The number of hydrogen-bond donors (Lipinski definition) is 2. The van der Waals surface area contributed by atoms with Gasteiger partial charge in [-0.2, -0.15) is 0 Å². The highest BCUT2D eigenvalue weighted by molar-refractivity contribution is 5.76. The summed E-state index contributed by atoms with van der Waals surface area (Å²) in [7, 11) is 0. The molecule has 4 nitrogen and oxygen atoms in total. The average molecular weight is 239 g/mol. The van der Waals surface area contributed by atoms with Crippen molar-refractivity contribution in [2.24, 2.45) is 0 Å². The van der Waals surface area contributed by atoms with Gasteiger partial charge in [-0.25, -0.2) is 0 Å². The monoisotopic (exact) mass is 239 g/mol. The predicted octanol–water partition coefficient (Wildman–Crippen LogP) is 0.729. The first-order valence-corrected chi connectivity index (χ1v) is 7.04. The van der Waals surface area contributed by atoms with Crippen molar-refractivity contribution in [3.05, 3.63) is 0 Å². The Hall–Kier alpha value is -0.610. The fraction of sp³-hybridized carbons (Fsp3) is 0.923. The zero-order chi connectivity index (χ0) is 12.1. The Balaban J connectivity index is 1.97. The lowest BCUT2D eigenvalue weighted by Crippen LogP contribution is -2.50. The number of piperidine rings is 1. The fourth-order valence-electron chi connectivity index (χ4n) is 3.17. The van der Waals surface area contributed by atoms with Crippen molar-refractivity contribution in [2.45, 2.75) is 51.1 Å². The Morgan fingerprint density at radius 3 is 2.71 bits per heavy atom. The zero-order valence-corrected chi connectivity index (χ0v) is 10.9. The summed E-state index contributed by atoms with van der Waals surface area (Å²) in [5.74, 6) is 0.231. The van der Waals surface area contributed by atoms with E-state index in [-0.39, 0.29) is 5.91 Å². The van der Waals surface area contributed by atoms with E-state index in [2.05, 4.69) is 22.5 Å². The first-order valence-electron chi connectivity index (χ1n) is 7.04. The van der Waals surface area contributed by atoms with Crippen molar-refractivity contribution in [3.63, 3.8) is 0 Å². The van der Waals surface area contributed by atoms with Gasteiger partial charge in [-0.3, -0.25) is 9.69 Å². The summed E-state index contributed by atoms with van der Waals surface area (Å²) >= 11 is 0. The van der Waals surface area contributed by atoms with Gasteiger partial charge in [0.05, 0.1) is 0 Å². The molecule has 0 aromatic heterocycles. The van der Waals surface area contributed by atoms with Crippen LogP contribution in [0.4, 0.5) is 0 Å². The lowest BCUT2D eigenvalue weighted by molar-refractivity contribution is -0.122. The maximum atomic E-state index is 11.6. The highest BCUT2D eigenvalue weighted by Gasteiger charge is 2.28. The maximum Gasteiger partial charge on any atom is 0.221 e. The Kier molecular flexibility index (Phi) is 4.80. The zero-order valence-electron chi connectivity index (χ0n) is 10.9. The largest absolute Gasteiger partial charge is 0.356 e. The van der Waals surface area contributed by atoms with E-state index in [4.69, 9.17) is 0 Å². The SMILES string of the molecule is CCN(C1CCCNC1)C1CCCNC(=O)C1. The van der Waals surface area contributed by atoms with Gasteiger partial charge in [0.1, 0.15) is 0 Å². The molecule has 4 heteroatoms. The minimum absolute atomic E-state index is 0.231. The van der Waals surface area contributed by atoms with Crippen LogP contribution >= 0.6 is 0 Å². The highest BCUT2D eigenvalue weighted by atomic mass is 16.1. The van der Waals surface area contributed by atoms with E-state index in [0.717, 1.165) is 39.0 Å². The quantitative estimate of drug-likeness (QED) is 0.763. The first-order chi connectivity index (χ1) is 8.31. The van der Waals surface area contributed by atoms with E-state index in [9.17, 15) is 4.79 Å². The molecule has 17 heavy (non-hydrogen) atoms. The van der Waals surface area contributed by atoms with Crippen LogP contribution in [0.3, 0.4) is 0 Å². The molecule has 2 aliphatic rings. The fourth-order valence-corrected chi connectivity index (χ4v) is 3.17. The number of rotatable bonds is 3. The third-order valence-electron chi connectivity index (χ3n) is 4.03. The molecule has 2 N–H and O–H groups in total. The van der Waals surface area contributed by atoms with Crippen molar-refractivity contribution in [2.75, 3.05) is 26.2 Å². The third kappa shape index (κ3) is 3.42. The molecular weight excluding hydrogens is 214 g/mol. The van der Waals surface area contributed by atoms with E-state index < -0.39 is 0 Å². The lowest BCUT2D eigenvalue weighted by atomic mass is 10.00. The second-order valence-electron chi connectivity index (χ2n) is 5.18. The van der Waals surface area contributed by atoms with Crippen molar-refractivity contribution in [1.82, 2.24) is 15.5 Å².